The quantitative estimate of drug-likeness (QED) is 0.529. The second-order valence-electron chi connectivity index (χ2n) is 2.47. The molecule has 0 saturated carbocycles. The molecule has 0 aromatic heterocycles. The molecule has 3 nitrogen and oxygen atoms in total. The number of anilines is 1. The minimum Gasteiger partial charge on any atom is -0.398 e. The number of para-hydroxylation sites is 1. The zero-order valence-corrected chi connectivity index (χ0v) is 6.33. The Morgan fingerprint density at radius 1 is 1.27 bits per heavy atom. The van der Waals surface area contributed by atoms with Crippen LogP contribution in [0.2, 0.25) is 0 Å². The number of benzene rings is 1. The standard InChI is InChI=1S/C8H13N3/c9-5-8(11)6-3-1-2-4-7(6)10/h1-4,8H,5,9-11H2/t8-/m0/s1. The fraction of sp³-hybridized carbons (Fsp3) is 0.250. The van der Waals surface area contributed by atoms with Gasteiger partial charge in [0.05, 0.1) is 0 Å². The predicted octanol–water partition coefficient (Wildman–Crippen LogP) is 0.227. The SMILES string of the molecule is NC[C@H](N)c1ccccc1N. The topological polar surface area (TPSA) is 78.1 Å². The number of rotatable bonds is 2. The van der Waals surface area contributed by atoms with E-state index >= 15 is 0 Å². The Morgan fingerprint density at radius 3 is 2.45 bits per heavy atom. The molecule has 60 valence electrons. The summed E-state index contributed by atoms with van der Waals surface area (Å²) in [6.07, 6.45) is 0. The van der Waals surface area contributed by atoms with Gasteiger partial charge >= 0.3 is 0 Å². The van der Waals surface area contributed by atoms with Gasteiger partial charge in [-0.05, 0) is 11.6 Å². The van der Waals surface area contributed by atoms with E-state index in [-0.39, 0.29) is 6.04 Å². The molecule has 0 aliphatic heterocycles. The Kier molecular flexibility index (Phi) is 2.46. The Morgan fingerprint density at radius 2 is 1.91 bits per heavy atom. The summed E-state index contributed by atoms with van der Waals surface area (Å²) in [5.74, 6) is 0. The average Bonchev–Trinajstić information content (AvgIpc) is 2.04. The van der Waals surface area contributed by atoms with E-state index < -0.39 is 0 Å². The number of hydrogen-bond donors (Lipinski definition) is 3. The Labute approximate surface area is 66.2 Å². The van der Waals surface area contributed by atoms with Crippen molar-refractivity contribution < 1.29 is 0 Å². The molecule has 0 radical (unpaired) electrons. The molecule has 0 bridgehead atoms. The van der Waals surface area contributed by atoms with Crippen molar-refractivity contribution in [3.05, 3.63) is 29.8 Å². The van der Waals surface area contributed by atoms with Gasteiger partial charge in [0.15, 0.2) is 0 Å². The highest BCUT2D eigenvalue weighted by atomic mass is 14.7. The Hall–Kier alpha value is -1.06. The molecule has 0 aliphatic rings. The first-order valence-electron chi connectivity index (χ1n) is 3.55. The third-order valence-electron chi connectivity index (χ3n) is 1.65. The number of nitrogens with two attached hydrogens (primary N) is 3. The molecule has 3 heteroatoms. The molecule has 1 rings (SSSR count). The Balaban J connectivity index is 2.93. The highest BCUT2D eigenvalue weighted by molar-refractivity contribution is 5.48. The molecule has 0 amide bonds. The maximum absolute atomic E-state index is 5.69. The van der Waals surface area contributed by atoms with E-state index in [4.69, 9.17) is 17.2 Å². The summed E-state index contributed by atoms with van der Waals surface area (Å²) in [4.78, 5) is 0. The van der Waals surface area contributed by atoms with Gasteiger partial charge in [0, 0.05) is 18.3 Å². The van der Waals surface area contributed by atoms with Crippen molar-refractivity contribution in [3.63, 3.8) is 0 Å². The second-order valence-corrected chi connectivity index (χ2v) is 2.47. The van der Waals surface area contributed by atoms with Crippen LogP contribution in [0.4, 0.5) is 5.69 Å². The second kappa shape index (κ2) is 3.37. The molecule has 1 aromatic rings. The fourth-order valence-corrected chi connectivity index (χ4v) is 0.976. The fourth-order valence-electron chi connectivity index (χ4n) is 0.976. The molecule has 0 spiro atoms. The molecule has 0 fully saturated rings. The predicted molar refractivity (Wildman–Crippen MR) is 46.8 cm³/mol. The van der Waals surface area contributed by atoms with Crippen LogP contribution in [0.5, 0.6) is 0 Å². The highest BCUT2D eigenvalue weighted by Crippen LogP contribution is 2.16. The zero-order valence-electron chi connectivity index (χ0n) is 6.33. The van der Waals surface area contributed by atoms with Crippen LogP contribution in [0, 0.1) is 0 Å². The maximum atomic E-state index is 5.69. The monoisotopic (exact) mass is 151 g/mol. The summed E-state index contributed by atoms with van der Waals surface area (Å²) in [6, 6.07) is 7.36. The number of hydrogen-bond acceptors (Lipinski definition) is 3. The van der Waals surface area contributed by atoms with Gasteiger partial charge in [-0.3, -0.25) is 0 Å². The van der Waals surface area contributed by atoms with Crippen molar-refractivity contribution in [1.82, 2.24) is 0 Å². The van der Waals surface area contributed by atoms with Crippen LogP contribution in [0.3, 0.4) is 0 Å². The highest BCUT2D eigenvalue weighted by Gasteiger charge is 2.04. The van der Waals surface area contributed by atoms with Gasteiger partial charge in [-0.2, -0.15) is 0 Å². The van der Waals surface area contributed by atoms with Crippen molar-refractivity contribution in [1.29, 1.82) is 0 Å². The zero-order chi connectivity index (χ0) is 8.27. The van der Waals surface area contributed by atoms with Crippen molar-refractivity contribution in [2.45, 2.75) is 6.04 Å². The molecule has 11 heavy (non-hydrogen) atoms. The van der Waals surface area contributed by atoms with Gasteiger partial charge in [0.1, 0.15) is 0 Å². The minimum absolute atomic E-state index is 0.142. The van der Waals surface area contributed by atoms with Gasteiger partial charge < -0.3 is 17.2 Å². The molecular formula is C8H13N3. The molecule has 0 unspecified atom stereocenters. The Bertz CT molecular complexity index is 235. The van der Waals surface area contributed by atoms with Crippen LogP contribution < -0.4 is 17.2 Å². The van der Waals surface area contributed by atoms with Crippen molar-refractivity contribution in [3.8, 4) is 0 Å². The van der Waals surface area contributed by atoms with E-state index in [1.165, 1.54) is 0 Å². The summed E-state index contributed by atoms with van der Waals surface area (Å²) in [5, 5.41) is 0. The van der Waals surface area contributed by atoms with E-state index in [2.05, 4.69) is 0 Å². The van der Waals surface area contributed by atoms with Crippen molar-refractivity contribution in [2.75, 3.05) is 12.3 Å². The van der Waals surface area contributed by atoms with Gasteiger partial charge in [0.2, 0.25) is 0 Å². The first-order chi connectivity index (χ1) is 5.25. The van der Waals surface area contributed by atoms with Crippen LogP contribution in [0.15, 0.2) is 24.3 Å². The molecular weight excluding hydrogens is 138 g/mol. The first kappa shape index (κ1) is 8.04. The summed E-state index contributed by atoms with van der Waals surface area (Å²) in [7, 11) is 0. The third kappa shape index (κ3) is 1.69. The van der Waals surface area contributed by atoms with Gasteiger partial charge in [-0.1, -0.05) is 18.2 Å². The van der Waals surface area contributed by atoms with Crippen LogP contribution in [-0.4, -0.2) is 6.54 Å². The average molecular weight is 151 g/mol. The largest absolute Gasteiger partial charge is 0.398 e. The molecule has 1 aromatic carbocycles. The summed E-state index contributed by atoms with van der Waals surface area (Å²) >= 11 is 0. The van der Waals surface area contributed by atoms with Crippen molar-refractivity contribution >= 4 is 5.69 Å². The first-order valence-corrected chi connectivity index (χ1v) is 3.55. The molecule has 0 aliphatic carbocycles. The van der Waals surface area contributed by atoms with Crippen LogP contribution >= 0.6 is 0 Å². The van der Waals surface area contributed by atoms with E-state index in [9.17, 15) is 0 Å². The van der Waals surface area contributed by atoms with Crippen LogP contribution in [0.1, 0.15) is 11.6 Å². The lowest BCUT2D eigenvalue weighted by atomic mass is 10.1. The maximum Gasteiger partial charge on any atom is 0.0439 e. The van der Waals surface area contributed by atoms with E-state index in [1.54, 1.807) is 0 Å². The molecule has 1 atom stereocenters. The van der Waals surface area contributed by atoms with Gasteiger partial charge in [0.25, 0.3) is 0 Å². The van der Waals surface area contributed by atoms with Gasteiger partial charge in [-0.25, -0.2) is 0 Å². The van der Waals surface area contributed by atoms with Crippen molar-refractivity contribution in [2.24, 2.45) is 11.5 Å². The molecule has 0 saturated heterocycles. The van der Waals surface area contributed by atoms with Crippen LogP contribution in [-0.2, 0) is 0 Å². The van der Waals surface area contributed by atoms with E-state index in [1.807, 2.05) is 24.3 Å². The van der Waals surface area contributed by atoms with Crippen LogP contribution in [0.25, 0.3) is 0 Å². The molecule has 0 heterocycles. The van der Waals surface area contributed by atoms with E-state index in [0.29, 0.717) is 12.2 Å². The summed E-state index contributed by atoms with van der Waals surface area (Å²) in [5.41, 5.74) is 18.4. The normalized spacial score (nSPS) is 12.9. The lowest BCUT2D eigenvalue weighted by Gasteiger charge is -2.10. The summed E-state index contributed by atoms with van der Waals surface area (Å²) < 4.78 is 0. The number of nitrogen functional groups attached to an aromatic ring is 1. The lowest BCUT2D eigenvalue weighted by molar-refractivity contribution is 0.739. The minimum atomic E-state index is -0.142. The third-order valence-corrected chi connectivity index (χ3v) is 1.65. The van der Waals surface area contributed by atoms with Gasteiger partial charge in [-0.15, -0.1) is 0 Å². The molecule has 6 N–H and O–H groups in total. The lowest BCUT2D eigenvalue weighted by Crippen LogP contribution is -2.21. The summed E-state index contributed by atoms with van der Waals surface area (Å²) in [6.45, 7) is 0.425. The van der Waals surface area contributed by atoms with E-state index in [0.717, 1.165) is 5.56 Å². The smallest absolute Gasteiger partial charge is 0.0439 e.